The van der Waals surface area contributed by atoms with Gasteiger partial charge in [-0.25, -0.2) is 0 Å². The van der Waals surface area contributed by atoms with E-state index in [0.717, 1.165) is 25.9 Å². The molecule has 1 N–H and O–H groups in total. The number of amides is 3. The van der Waals surface area contributed by atoms with E-state index in [0.29, 0.717) is 6.54 Å². The molecule has 0 aliphatic carbocycles. The second-order valence-electron chi connectivity index (χ2n) is 8.19. The zero-order valence-corrected chi connectivity index (χ0v) is 22.3. The summed E-state index contributed by atoms with van der Waals surface area (Å²) < 4.78 is -0.157. The lowest BCUT2D eigenvalue weighted by Gasteiger charge is -2.30. The molecule has 1 fully saturated rings. The predicted octanol–water partition coefficient (Wildman–Crippen LogP) is 5.37. The first kappa shape index (κ1) is 30.1. The molecule has 1 heterocycles. The van der Waals surface area contributed by atoms with Crippen LogP contribution in [0.5, 0.6) is 0 Å². The van der Waals surface area contributed by atoms with Crippen molar-refractivity contribution in [2.45, 2.75) is 42.7 Å². The molecule has 0 bridgehead atoms. The van der Waals surface area contributed by atoms with Crippen LogP contribution >= 0.6 is 35.0 Å². The van der Waals surface area contributed by atoms with Gasteiger partial charge in [0.1, 0.15) is 0 Å². The number of carbonyl (C=O) groups excluding carboxylic acids is 3. The Morgan fingerprint density at radius 3 is 2.26 bits per heavy atom. The molecule has 0 radical (unpaired) electrons. The van der Waals surface area contributed by atoms with Crippen molar-refractivity contribution in [2.24, 2.45) is 0 Å². The summed E-state index contributed by atoms with van der Waals surface area (Å²) in [5.74, 6) is -0.818. The predicted molar refractivity (Wildman–Crippen MR) is 143 cm³/mol. The van der Waals surface area contributed by atoms with Crippen LogP contribution in [0, 0.1) is 0 Å². The summed E-state index contributed by atoms with van der Waals surface area (Å²) in [6.45, 7) is 13.5. The number of hydrogen-bond acceptors (Lipinski definition) is 4. The van der Waals surface area contributed by atoms with E-state index >= 15 is 0 Å². The summed E-state index contributed by atoms with van der Waals surface area (Å²) in [6, 6.07) is 10.3. The Bertz CT molecular complexity index is 813. The first-order valence-electron chi connectivity index (χ1n) is 11.2. The monoisotopic (exact) mass is 527 g/mol. The lowest BCUT2D eigenvalue weighted by atomic mass is 10.0. The lowest BCUT2D eigenvalue weighted by molar-refractivity contribution is -0.134. The maximum Gasteiger partial charge on any atom is 0.282 e. The Kier molecular flexibility index (Phi) is 14.0. The fraction of sp³-hybridized carbons (Fsp3) is 0.480. The van der Waals surface area contributed by atoms with E-state index in [9.17, 15) is 14.4 Å². The number of nitrogens with one attached hydrogen (secondary N) is 1. The number of alkyl halides is 2. The average molecular weight is 529 g/mol. The highest BCUT2D eigenvalue weighted by atomic mass is 35.5. The quantitative estimate of drug-likeness (QED) is 0.346. The van der Waals surface area contributed by atoms with Crippen LogP contribution < -0.4 is 5.32 Å². The highest BCUT2D eigenvalue weighted by Crippen LogP contribution is 2.37. The van der Waals surface area contributed by atoms with Gasteiger partial charge in [-0.05, 0) is 38.7 Å². The maximum absolute atomic E-state index is 12.3. The second-order valence-corrected chi connectivity index (χ2v) is 10.9. The molecule has 2 rings (SSSR count). The Morgan fingerprint density at radius 1 is 1.12 bits per heavy atom. The van der Waals surface area contributed by atoms with E-state index in [4.69, 9.17) is 23.2 Å². The topological polar surface area (TPSA) is 69.7 Å². The first-order chi connectivity index (χ1) is 16.1. The third-order valence-corrected chi connectivity index (χ3v) is 6.60. The van der Waals surface area contributed by atoms with Crippen molar-refractivity contribution in [1.82, 2.24) is 15.1 Å². The van der Waals surface area contributed by atoms with Gasteiger partial charge in [0.05, 0.1) is 6.54 Å². The molecule has 0 aromatic heterocycles. The van der Waals surface area contributed by atoms with E-state index in [1.807, 2.05) is 23.1 Å². The van der Waals surface area contributed by atoms with Gasteiger partial charge in [-0.15, -0.1) is 13.2 Å². The molecule has 9 heteroatoms. The van der Waals surface area contributed by atoms with E-state index in [2.05, 4.69) is 44.5 Å². The van der Waals surface area contributed by atoms with Crippen LogP contribution in [0.2, 0.25) is 0 Å². The second kappa shape index (κ2) is 15.8. The molecule has 1 aliphatic heterocycles. The van der Waals surface area contributed by atoms with Crippen molar-refractivity contribution in [3.05, 3.63) is 61.2 Å². The number of likely N-dealkylation sites (tertiary alicyclic amines) is 1. The van der Waals surface area contributed by atoms with Gasteiger partial charge in [-0.3, -0.25) is 14.4 Å². The minimum Gasteiger partial charge on any atom is -0.351 e. The van der Waals surface area contributed by atoms with Crippen LogP contribution in [0.4, 0.5) is 4.79 Å². The molecule has 34 heavy (non-hydrogen) atoms. The van der Waals surface area contributed by atoms with Crippen molar-refractivity contribution in [1.29, 1.82) is 0 Å². The van der Waals surface area contributed by atoms with E-state index < -0.39 is 10.7 Å². The van der Waals surface area contributed by atoms with Gasteiger partial charge in [0.25, 0.3) is 11.1 Å². The Hall–Kier alpha value is -1.96. The molecular formula is C25H35Cl2N3O3S. The van der Waals surface area contributed by atoms with Gasteiger partial charge in [0, 0.05) is 30.9 Å². The summed E-state index contributed by atoms with van der Waals surface area (Å²) in [5.41, 5.74) is 1.21. The average Bonchev–Trinajstić information content (AvgIpc) is 2.83. The van der Waals surface area contributed by atoms with Crippen LogP contribution in [0.25, 0.3) is 0 Å². The normalized spacial score (nSPS) is 13.4. The molecular weight excluding hydrogens is 493 g/mol. The summed E-state index contributed by atoms with van der Waals surface area (Å²) in [6.07, 6.45) is 6.60. The molecule has 0 atom stereocenters. The van der Waals surface area contributed by atoms with Crippen molar-refractivity contribution < 1.29 is 14.4 Å². The fourth-order valence-electron chi connectivity index (χ4n) is 3.20. The Morgan fingerprint density at radius 2 is 1.74 bits per heavy atom. The fourth-order valence-corrected chi connectivity index (χ4v) is 4.48. The standard InChI is InChI=1S/C15H21NOS.C10H14Cl2N2O2/c1-15(2,13-9-5-3-6-10-13)18-14(17)16-11-7-4-8-12-16;1-3-5-13-8(15)7-14(6-4-2)10(16)9(11)12/h3,5-6,9-10H,4,7-8,11-12H2,1-2H3;3-4,9H,1-2,5-7H2,(H,13,15). The van der Waals surface area contributed by atoms with Gasteiger partial charge < -0.3 is 15.1 Å². The van der Waals surface area contributed by atoms with E-state index in [1.165, 1.54) is 34.7 Å². The van der Waals surface area contributed by atoms with Crippen molar-refractivity contribution in [2.75, 3.05) is 32.7 Å². The first-order valence-corrected chi connectivity index (χ1v) is 12.9. The van der Waals surface area contributed by atoms with Gasteiger partial charge in [0.15, 0.2) is 4.84 Å². The number of hydrogen-bond donors (Lipinski definition) is 1. The summed E-state index contributed by atoms with van der Waals surface area (Å²) in [7, 11) is 0. The zero-order valence-electron chi connectivity index (χ0n) is 20.0. The molecule has 1 saturated heterocycles. The molecule has 188 valence electrons. The highest BCUT2D eigenvalue weighted by molar-refractivity contribution is 8.14. The van der Waals surface area contributed by atoms with Gasteiger partial charge in [0.2, 0.25) is 5.91 Å². The molecule has 0 unspecified atom stereocenters. The SMILES string of the molecule is C=CCNC(=O)CN(CC=C)C(=O)C(Cl)Cl.CC(C)(SC(=O)N1CCCCC1)c1ccccc1. The van der Waals surface area contributed by atoms with Gasteiger partial charge in [-0.2, -0.15) is 0 Å². The molecule has 1 aromatic carbocycles. The third kappa shape index (κ3) is 11.0. The number of halogens is 2. The molecule has 0 saturated carbocycles. The van der Waals surface area contributed by atoms with Gasteiger partial charge in [-0.1, -0.05) is 77.4 Å². The highest BCUT2D eigenvalue weighted by Gasteiger charge is 2.28. The molecule has 1 aromatic rings. The number of carbonyl (C=O) groups is 3. The van der Waals surface area contributed by atoms with Crippen molar-refractivity contribution in [3.63, 3.8) is 0 Å². The Labute approximate surface area is 217 Å². The minimum atomic E-state index is -1.17. The van der Waals surface area contributed by atoms with Crippen molar-refractivity contribution in [3.8, 4) is 0 Å². The summed E-state index contributed by atoms with van der Waals surface area (Å²) >= 11 is 12.3. The largest absolute Gasteiger partial charge is 0.351 e. The van der Waals surface area contributed by atoms with E-state index in [-0.39, 0.29) is 29.0 Å². The summed E-state index contributed by atoms with van der Waals surface area (Å²) in [4.78, 5) is 37.1. The third-order valence-electron chi connectivity index (χ3n) is 5.05. The smallest absolute Gasteiger partial charge is 0.282 e. The Balaban J connectivity index is 0.000000344. The number of benzene rings is 1. The van der Waals surface area contributed by atoms with Gasteiger partial charge >= 0.3 is 0 Å². The molecule has 6 nitrogen and oxygen atoms in total. The van der Waals surface area contributed by atoms with Crippen LogP contribution in [-0.4, -0.2) is 64.4 Å². The van der Waals surface area contributed by atoms with Crippen LogP contribution in [0.15, 0.2) is 55.6 Å². The summed E-state index contributed by atoms with van der Waals surface area (Å²) in [5, 5.41) is 2.77. The maximum atomic E-state index is 12.3. The van der Waals surface area contributed by atoms with E-state index in [1.54, 1.807) is 6.08 Å². The lowest BCUT2D eigenvalue weighted by Crippen LogP contribution is -2.42. The van der Waals surface area contributed by atoms with Crippen LogP contribution in [0.3, 0.4) is 0 Å². The number of nitrogens with zero attached hydrogens (tertiary/aromatic N) is 2. The number of piperidine rings is 1. The molecule has 0 spiro atoms. The van der Waals surface area contributed by atoms with Crippen LogP contribution in [-0.2, 0) is 14.3 Å². The zero-order chi connectivity index (χ0) is 25.6. The minimum absolute atomic E-state index is 0.103. The number of thioether (sulfide) groups is 1. The number of rotatable bonds is 9. The molecule has 3 amide bonds. The van der Waals surface area contributed by atoms with Crippen molar-refractivity contribution >= 4 is 52.0 Å². The van der Waals surface area contributed by atoms with Crippen LogP contribution in [0.1, 0.15) is 38.7 Å². The molecule has 1 aliphatic rings.